The van der Waals surface area contributed by atoms with E-state index in [0.717, 1.165) is 0 Å². The zero-order chi connectivity index (χ0) is 14.7. The van der Waals surface area contributed by atoms with Crippen LogP contribution in [0.3, 0.4) is 0 Å². The van der Waals surface area contributed by atoms with Crippen LogP contribution >= 0.6 is 0 Å². The summed E-state index contributed by atoms with van der Waals surface area (Å²) in [6, 6.07) is 6.68. The van der Waals surface area contributed by atoms with Crippen LogP contribution in [0.4, 0.5) is 10.2 Å². The van der Waals surface area contributed by atoms with Gasteiger partial charge in [-0.05, 0) is 42.8 Å². The number of amides is 1. The summed E-state index contributed by atoms with van der Waals surface area (Å²) >= 11 is 0. The minimum atomic E-state index is -1.19. The number of aryl methyl sites for hydroxylation is 1. The van der Waals surface area contributed by atoms with Gasteiger partial charge in [-0.3, -0.25) is 4.79 Å². The smallest absolute Gasteiger partial charge is 0.339 e. The van der Waals surface area contributed by atoms with Crippen molar-refractivity contribution in [2.75, 3.05) is 5.32 Å². The normalized spacial score (nSPS) is 10.1. The van der Waals surface area contributed by atoms with Crippen molar-refractivity contribution in [3.05, 3.63) is 59.0 Å². The molecule has 0 unspecified atom stereocenters. The van der Waals surface area contributed by atoms with Crippen molar-refractivity contribution in [3.8, 4) is 0 Å². The van der Waals surface area contributed by atoms with E-state index in [1.165, 1.54) is 43.5 Å². The highest BCUT2D eigenvalue weighted by Gasteiger charge is 2.14. The number of halogens is 1. The number of aromatic carboxylic acids is 1. The van der Waals surface area contributed by atoms with E-state index in [1.54, 1.807) is 0 Å². The third-order valence-electron chi connectivity index (χ3n) is 2.69. The molecule has 0 aliphatic heterocycles. The summed E-state index contributed by atoms with van der Waals surface area (Å²) in [5.41, 5.74) is 0.447. The Balaban J connectivity index is 2.28. The zero-order valence-electron chi connectivity index (χ0n) is 10.6. The molecule has 0 radical (unpaired) electrons. The van der Waals surface area contributed by atoms with Gasteiger partial charge >= 0.3 is 5.97 Å². The highest BCUT2D eigenvalue weighted by molar-refractivity contribution is 6.06. The Labute approximate surface area is 114 Å². The van der Waals surface area contributed by atoms with E-state index in [1.807, 2.05) is 0 Å². The van der Waals surface area contributed by atoms with Gasteiger partial charge in [-0.2, -0.15) is 0 Å². The Morgan fingerprint density at radius 2 is 2.05 bits per heavy atom. The van der Waals surface area contributed by atoms with Crippen molar-refractivity contribution in [3.63, 3.8) is 0 Å². The van der Waals surface area contributed by atoms with Crippen LogP contribution in [0.15, 0.2) is 36.5 Å². The molecule has 0 aliphatic carbocycles. The van der Waals surface area contributed by atoms with Crippen molar-refractivity contribution >= 4 is 17.7 Å². The summed E-state index contributed by atoms with van der Waals surface area (Å²) in [5, 5.41) is 11.4. The third kappa shape index (κ3) is 2.80. The topological polar surface area (TPSA) is 79.3 Å². The quantitative estimate of drug-likeness (QED) is 0.901. The van der Waals surface area contributed by atoms with Crippen LogP contribution < -0.4 is 5.32 Å². The molecule has 6 heteroatoms. The zero-order valence-corrected chi connectivity index (χ0v) is 10.6. The third-order valence-corrected chi connectivity index (χ3v) is 2.69. The van der Waals surface area contributed by atoms with Crippen molar-refractivity contribution in [1.29, 1.82) is 0 Å². The van der Waals surface area contributed by atoms with E-state index in [-0.39, 0.29) is 16.9 Å². The number of carbonyl (C=O) groups excluding carboxylic acids is 1. The minimum absolute atomic E-state index is 0.0491. The number of nitrogens with one attached hydrogen (secondary N) is 1. The number of carboxylic acids is 1. The summed E-state index contributed by atoms with van der Waals surface area (Å²) in [5.74, 6) is -2.20. The molecule has 0 bridgehead atoms. The Bertz CT molecular complexity index is 686. The van der Waals surface area contributed by atoms with Crippen LogP contribution in [0.5, 0.6) is 0 Å². The van der Waals surface area contributed by atoms with Crippen LogP contribution in [-0.4, -0.2) is 22.0 Å². The van der Waals surface area contributed by atoms with Gasteiger partial charge in [-0.1, -0.05) is 0 Å². The van der Waals surface area contributed by atoms with Crippen LogP contribution in [0.25, 0.3) is 0 Å². The largest absolute Gasteiger partial charge is 0.478 e. The summed E-state index contributed by atoms with van der Waals surface area (Å²) in [4.78, 5) is 26.8. The lowest BCUT2D eigenvalue weighted by atomic mass is 10.1. The molecule has 0 saturated carbocycles. The molecule has 0 fully saturated rings. The van der Waals surface area contributed by atoms with Crippen molar-refractivity contribution < 1.29 is 19.1 Å². The molecule has 1 aromatic carbocycles. The maximum atomic E-state index is 13.1. The molecule has 5 nitrogen and oxygen atoms in total. The number of hydrogen-bond acceptors (Lipinski definition) is 3. The highest BCUT2D eigenvalue weighted by atomic mass is 19.1. The number of carbonyl (C=O) groups is 2. The van der Waals surface area contributed by atoms with Gasteiger partial charge in [0.25, 0.3) is 5.91 Å². The monoisotopic (exact) mass is 274 g/mol. The lowest BCUT2D eigenvalue weighted by molar-refractivity contribution is 0.0697. The van der Waals surface area contributed by atoms with E-state index in [9.17, 15) is 14.0 Å². The number of aromatic nitrogens is 1. The Kier molecular flexibility index (Phi) is 3.74. The second-order valence-corrected chi connectivity index (χ2v) is 4.12. The number of rotatable bonds is 3. The van der Waals surface area contributed by atoms with Crippen LogP contribution in [0, 0.1) is 12.7 Å². The predicted octanol–water partition coefficient (Wildman–Crippen LogP) is 2.48. The summed E-state index contributed by atoms with van der Waals surface area (Å²) in [6.45, 7) is 1.54. The molecule has 1 amide bonds. The van der Waals surface area contributed by atoms with E-state index in [2.05, 4.69) is 10.3 Å². The fraction of sp³-hybridized carbons (Fsp3) is 0.0714. The Morgan fingerprint density at radius 3 is 2.70 bits per heavy atom. The molecule has 102 valence electrons. The van der Waals surface area contributed by atoms with Crippen LogP contribution in [-0.2, 0) is 0 Å². The molecule has 2 aromatic rings. The molecule has 20 heavy (non-hydrogen) atoms. The van der Waals surface area contributed by atoms with Gasteiger partial charge in [0.05, 0.1) is 0 Å². The highest BCUT2D eigenvalue weighted by Crippen LogP contribution is 2.14. The second kappa shape index (κ2) is 5.48. The molecular formula is C14H11FN2O3. The fourth-order valence-electron chi connectivity index (χ4n) is 1.64. The lowest BCUT2D eigenvalue weighted by Gasteiger charge is -2.07. The van der Waals surface area contributed by atoms with E-state index in [4.69, 9.17) is 5.11 Å². The molecule has 1 heterocycles. The standard InChI is InChI=1S/C14H11FN2O3/c1-8-7-9(4-5-11(8)15)13(18)17-12-10(14(19)20)3-2-6-16-12/h2-7H,1H3,(H,19,20)(H,16,17,18). The molecule has 1 aromatic heterocycles. The first-order valence-corrected chi connectivity index (χ1v) is 5.75. The van der Waals surface area contributed by atoms with Gasteiger partial charge in [0.2, 0.25) is 0 Å². The second-order valence-electron chi connectivity index (χ2n) is 4.12. The number of pyridine rings is 1. The average molecular weight is 274 g/mol. The number of nitrogens with zero attached hydrogens (tertiary/aromatic N) is 1. The van der Waals surface area contributed by atoms with Crippen LogP contribution in [0.1, 0.15) is 26.3 Å². The van der Waals surface area contributed by atoms with Gasteiger partial charge in [0, 0.05) is 11.8 Å². The molecule has 0 saturated heterocycles. The average Bonchev–Trinajstić information content (AvgIpc) is 2.42. The minimum Gasteiger partial charge on any atom is -0.478 e. The van der Waals surface area contributed by atoms with Gasteiger partial charge < -0.3 is 10.4 Å². The molecule has 0 atom stereocenters. The van der Waals surface area contributed by atoms with Crippen molar-refractivity contribution in [1.82, 2.24) is 4.98 Å². The first kappa shape index (κ1) is 13.7. The van der Waals surface area contributed by atoms with Crippen molar-refractivity contribution in [2.24, 2.45) is 0 Å². The summed E-state index contributed by atoms with van der Waals surface area (Å²) in [7, 11) is 0. The van der Waals surface area contributed by atoms with Crippen LogP contribution in [0.2, 0.25) is 0 Å². The summed E-state index contributed by atoms with van der Waals surface area (Å²) < 4.78 is 13.1. The Morgan fingerprint density at radius 1 is 1.30 bits per heavy atom. The molecule has 0 spiro atoms. The van der Waals surface area contributed by atoms with Gasteiger partial charge in [-0.25, -0.2) is 14.2 Å². The van der Waals surface area contributed by atoms with Gasteiger partial charge in [0.15, 0.2) is 0 Å². The van der Waals surface area contributed by atoms with Gasteiger partial charge in [0.1, 0.15) is 17.2 Å². The number of carboxylic acid groups (broad SMARTS) is 1. The summed E-state index contributed by atoms with van der Waals surface area (Å²) in [6.07, 6.45) is 1.37. The first-order chi connectivity index (χ1) is 9.49. The maximum Gasteiger partial charge on any atom is 0.339 e. The molecular weight excluding hydrogens is 263 g/mol. The Hall–Kier alpha value is -2.76. The number of benzene rings is 1. The predicted molar refractivity (Wildman–Crippen MR) is 70.3 cm³/mol. The first-order valence-electron chi connectivity index (χ1n) is 5.75. The van der Waals surface area contributed by atoms with Crippen molar-refractivity contribution in [2.45, 2.75) is 6.92 Å². The lowest BCUT2D eigenvalue weighted by Crippen LogP contribution is -2.16. The fourth-order valence-corrected chi connectivity index (χ4v) is 1.64. The molecule has 0 aliphatic rings. The molecule has 2 N–H and O–H groups in total. The van der Waals surface area contributed by atoms with E-state index in [0.29, 0.717) is 5.56 Å². The maximum absolute atomic E-state index is 13.1. The number of hydrogen-bond donors (Lipinski definition) is 2. The van der Waals surface area contributed by atoms with E-state index < -0.39 is 17.7 Å². The molecule has 2 rings (SSSR count). The van der Waals surface area contributed by atoms with E-state index >= 15 is 0 Å². The SMILES string of the molecule is Cc1cc(C(=O)Nc2ncccc2C(=O)O)ccc1F. The van der Waals surface area contributed by atoms with Gasteiger partial charge in [-0.15, -0.1) is 0 Å². The number of anilines is 1.